The maximum absolute atomic E-state index is 14.0. The third kappa shape index (κ3) is 5.13. The number of benzene rings is 1. The second-order valence-corrected chi connectivity index (χ2v) is 8.84. The maximum Gasteiger partial charge on any atom is 0.256 e. The van der Waals surface area contributed by atoms with Crippen LogP contribution in [-0.2, 0) is 16.1 Å². The summed E-state index contributed by atoms with van der Waals surface area (Å²) in [6.45, 7) is 3.45. The lowest BCUT2D eigenvalue weighted by atomic mass is 10.1. The molecule has 0 spiro atoms. The molecule has 10 nitrogen and oxygen atoms in total. The molecule has 182 valence electrons. The van der Waals surface area contributed by atoms with Gasteiger partial charge in [-0.1, -0.05) is 23.9 Å². The normalized spacial score (nSPS) is 16.1. The summed E-state index contributed by atoms with van der Waals surface area (Å²) in [5.41, 5.74) is 1.66. The molecule has 0 radical (unpaired) electrons. The first-order valence-corrected chi connectivity index (χ1v) is 12.3. The van der Waals surface area contributed by atoms with Crippen molar-refractivity contribution in [2.45, 2.75) is 24.7 Å². The fourth-order valence-electron chi connectivity index (χ4n) is 3.85. The van der Waals surface area contributed by atoms with Crippen LogP contribution in [0.5, 0.6) is 5.88 Å². The van der Waals surface area contributed by atoms with E-state index in [1.165, 1.54) is 22.5 Å². The molecule has 3 aromatic heterocycles. The van der Waals surface area contributed by atoms with E-state index < -0.39 is 0 Å². The lowest BCUT2D eigenvalue weighted by molar-refractivity contribution is -0.140. The van der Waals surface area contributed by atoms with Gasteiger partial charge in [0.2, 0.25) is 16.9 Å². The molecule has 1 saturated heterocycles. The van der Waals surface area contributed by atoms with Gasteiger partial charge in [-0.05, 0) is 31.4 Å². The molecule has 0 bridgehead atoms. The van der Waals surface area contributed by atoms with Crippen LogP contribution in [0.2, 0.25) is 0 Å². The lowest BCUT2D eigenvalue weighted by Crippen LogP contribution is -2.48. The van der Waals surface area contributed by atoms with Crippen molar-refractivity contribution in [2.75, 3.05) is 32.6 Å². The average Bonchev–Trinajstić information content (AvgIpc) is 3.50. The topological polar surface area (TPSA) is 99.7 Å². The number of fused-ring (bicyclic) bond motifs is 1. The van der Waals surface area contributed by atoms with Crippen molar-refractivity contribution < 1.29 is 18.7 Å². The van der Waals surface area contributed by atoms with Gasteiger partial charge < -0.3 is 14.4 Å². The SMILES string of the molecule is CSc1nc2nc(C)cc(OCC3CN(C(=O)Cn4ccc(-c5ccccc5F)n4)CCO3)n2n1. The van der Waals surface area contributed by atoms with Crippen molar-refractivity contribution in [3.05, 3.63) is 54.1 Å². The Bertz CT molecular complexity index is 1360. The Morgan fingerprint density at radius 1 is 1.26 bits per heavy atom. The lowest BCUT2D eigenvalue weighted by Gasteiger charge is -2.32. The highest BCUT2D eigenvalue weighted by molar-refractivity contribution is 7.98. The van der Waals surface area contributed by atoms with E-state index in [0.29, 0.717) is 47.8 Å². The Labute approximate surface area is 205 Å². The molecule has 1 aliphatic rings. The van der Waals surface area contributed by atoms with Crippen molar-refractivity contribution in [1.29, 1.82) is 0 Å². The van der Waals surface area contributed by atoms with Gasteiger partial charge in [-0.2, -0.15) is 14.6 Å². The van der Waals surface area contributed by atoms with E-state index in [1.54, 1.807) is 45.9 Å². The Morgan fingerprint density at radius 2 is 2.11 bits per heavy atom. The molecule has 1 aliphatic heterocycles. The Balaban J connectivity index is 1.21. The quantitative estimate of drug-likeness (QED) is 0.359. The first-order valence-electron chi connectivity index (χ1n) is 11.1. The summed E-state index contributed by atoms with van der Waals surface area (Å²) in [5.74, 6) is 0.547. The van der Waals surface area contributed by atoms with E-state index in [2.05, 4.69) is 20.2 Å². The van der Waals surface area contributed by atoms with Gasteiger partial charge in [0.05, 0.1) is 18.8 Å². The molecule has 1 fully saturated rings. The standard InChI is InChI=1S/C23H24FN7O3S/c1-15-11-21(31-22(25-15)26-23(28-31)35-2)34-14-16-12-29(9-10-33-16)20(32)13-30-8-7-19(27-30)17-5-3-4-6-18(17)24/h3-8,11,16H,9-10,12-14H2,1-2H3. The Hall–Kier alpha value is -3.51. The van der Waals surface area contributed by atoms with Crippen molar-refractivity contribution in [2.24, 2.45) is 0 Å². The summed E-state index contributed by atoms with van der Waals surface area (Å²) in [6.07, 6.45) is 3.28. The Kier molecular flexibility index (Phi) is 6.64. The summed E-state index contributed by atoms with van der Waals surface area (Å²) >= 11 is 1.43. The van der Waals surface area contributed by atoms with Crippen LogP contribution in [0, 0.1) is 12.7 Å². The molecule has 1 unspecified atom stereocenters. The van der Waals surface area contributed by atoms with Gasteiger partial charge >= 0.3 is 0 Å². The van der Waals surface area contributed by atoms with Crippen molar-refractivity contribution in [3.8, 4) is 17.1 Å². The molecular formula is C23H24FN7O3S. The zero-order chi connectivity index (χ0) is 24.4. The van der Waals surface area contributed by atoms with Crippen LogP contribution in [0.4, 0.5) is 4.39 Å². The number of thioether (sulfide) groups is 1. The van der Waals surface area contributed by atoms with Gasteiger partial charge in [0.1, 0.15) is 25.1 Å². The molecule has 1 amide bonds. The van der Waals surface area contributed by atoms with Crippen LogP contribution in [0.3, 0.4) is 0 Å². The summed E-state index contributed by atoms with van der Waals surface area (Å²) in [5, 5.41) is 9.37. The number of ether oxygens (including phenoxy) is 2. The predicted octanol–water partition coefficient (Wildman–Crippen LogP) is 2.46. The average molecular weight is 498 g/mol. The molecule has 0 N–H and O–H groups in total. The van der Waals surface area contributed by atoms with E-state index in [0.717, 1.165) is 5.69 Å². The number of carbonyl (C=O) groups is 1. The molecule has 12 heteroatoms. The molecular weight excluding hydrogens is 473 g/mol. The highest BCUT2D eigenvalue weighted by atomic mass is 32.2. The van der Waals surface area contributed by atoms with Gasteiger partial charge in [0.15, 0.2) is 0 Å². The van der Waals surface area contributed by atoms with Crippen LogP contribution in [0.25, 0.3) is 17.0 Å². The smallest absolute Gasteiger partial charge is 0.256 e. The van der Waals surface area contributed by atoms with E-state index in [1.807, 2.05) is 13.2 Å². The molecule has 0 aliphatic carbocycles. The van der Waals surface area contributed by atoms with Crippen molar-refractivity contribution in [1.82, 2.24) is 34.3 Å². The molecule has 0 saturated carbocycles. The van der Waals surface area contributed by atoms with Crippen LogP contribution in [0.15, 0.2) is 47.8 Å². The molecule has 1 atom stereocenters. The van der Waals surface area contributed by atoms with Crippen molar-refractivity contribution >= 4 is 23.4 Å². The summed E-state index contributed by atoms with van der Waals surface area (Å²) < 4.78 is 29.0. The number of halogens is 1. The number of hydrogen-bond acceptors (Lipinski definition) is 8. The number of nitrogens with zero attached hydrogens (tertiary/aromatic N) is 7. The number of hydrogen-bond donors (Lipinski definition) is 0. The monoisotopic (exact) mass is 497 g/mol. The summed E-state index contributed by atoms with van der Waals surface area (Å²) in [4.78, 5) is 23.4. The minimum atomic E-state index is -0.350. The van der Waals surface area contributed by atoms with Gasteiger partial charge in [0.25, 0.3) is 5.78 Å². The highest BCUT2D eigenvalue weighted by Crippen LogP contribution is 2.21. The molecule has 35 heavy (non-hydrogen) atoms. The number of aromatic nitrogens is 6. The third-order valence-corrected chi connectivity index (χ3v) is 6.11. The summed E-state index contributed by atoms with van der Waals surface area (Å²) in [7, 11) is 0. The second-order valence-electron chi connectivity index (χ2n) is 8.07. The van der Waals surface area contributed by atoms with E-state index in [4.69, 9.17) is 9.47 Å². The fraction of sp³-hybridized carbons (Fsp3) is 0.348. The first kappa shape index (κ1) is 23.2. The second kappa shape index (κ2) is 10.0. The van der Waals surface area contributed by atoms with E-state index in [-0.39, 0.29) is 31.0 Å². The number of carbonyl (C=O) groups excluding carboxylic acids is 1. The zero-order valence-electron chi connectivity index (χ0n) is 19.3. The van der Waals surface area contributed by atoms with E-state index in [9.17, 15) is 9.18 Å². The molecule has 1 aromatic carbocycles. The number of amides is 1. The number of morpholine rings is 1. The van der Waals surface area contributed by atoms with Crippen LogP contribution >= 0.6 is 11.8 Å². The Morgan fingerprint density at radius 3 is 2.94 bits per heavy atom. The van der Waals surface area contributed by atoms with Gasteiger partial charge in [-0.3, -0.25) is 9.48 Å². The number of aryl methyl sites for hydroxylation is 1. The highest BCUT2D eigenvalue weighted by Gasteiger charge is 2.26. The van der Waals surface area contributed by atoms with Crippen LogP contribution in [-0.4, -0.2) is 78.8 Å². The van der Waals surface area contributed by atoms with Crippen LogP contribution < -0.4 is 4.74 Å². The third-order valence-electron chi connectivity index (χ3n) is 5.57. The first-order chi connectivity index (χ1) is 17.0. The number of rotatable bonds is 7. The van der Waals surface area contributed by atoms with Crippen LogP contribution in [0.1, 0.15) is 5.69 Å². The maximum atomic E-state index is 14.0. The predicted molar refractivity (Wildman–Crippen MR) is 127 cm³/mol. The molecule has 4 aromatic rings. The fourth-order valence-corrected chi connectivity index (χ4v) is 4.19. The van der Waals surface area contributed by atoms with Gasteiger partial charge in [-0.25, -0.2) is 9.37 Å². The summed E-state index contributed by atoms with van der Waals surface area (Å²) in [6, 6.07) is 9.92. The molecule has 4 heterocycles. The molecule has 5 rings (SSSR count). The van der Waals surface area contributed by atoms with Gasteiger partial charge in [0, 0.05) is 30.1 Å². The largest absolute Gasteiger partial charge is 0.475 e. The zero-order valence-corrected chi connectivity index (χ0v) is 20.1. The van der Waals surface area contributed by atoms with E-state index >= 15 is 0 Å². The minimum absolute atomic E-state index is 0.0582. The van der Waals surface area contributed by atoms with Crippen molar-refractivity contribution in [3.63, 3.8) is 0 Å². The van der Waals surface area contributed by atoms with Gasteiger partial charge in [-0.15, -0.1) is 5.10 Å². The minimum Gasteiger partial charge on any atom is -0.475 e.